The highest BCUT2D eigenvalue weighted by molar-refractivity contribution is 6.00. The van der Waals surface area contributed by atoms with Crippen molar-refractivity contribution in [2.45, 2.75) is 38.6 Å². The summed E-state index contributed by atoms with van der Waals surface area (Å²) in [6, 6.07) is 1.82. The Morgan fingerprint density at radius 2 is 1.81 bits per heavy atom. The van der Waals surface area contributed by atoms with E-state index in [2.05, 4.69) is 10.6 Å². The molecule has 2 rings (SSSR count). The normalized spacial score (nSPS) is 15.2. The Bertz CT molecular complexity index is 697. The molecule has 0 heterocycles. The second kappa shape index (κ2) is 8.55. The average molecular weight is 364 g/mol. The van der Waals surface area contributed by atoms with Gasteiger partial charge in [-0.1, -0.05) is 12.8 Å². The lowest BCUT2D eigenvalue weighted by Crippen LogP contribution is -2.43. The first-order chi connectivity index (χ1) is 12.4. The molecule has 0 aliphatic heterocycles. The quantitative estimate of drug-likeness (QED) is 0.682. The SMILES string of the molecule is COc1cc(C(=O)O)cc(NC(=O)C(C)NC(=O)C2CCCC2)c1OC. The Morgan fingerprint density at radius 1 is 1.15 bits per heavy atom. The molecule has 0 radical (unpaired) electrons. The van der Waals surface area contributed by atoms with Gasteiger partial charge in [0.15, 0.2) is 11.5 Å². The Kier molecular flexibility index (Phi) is 6.43. The number of carbonyl (C=O) groups excluding carboxylic acids is 2. The molecule has 1 saturated carbocycles. The lowest BCUT2D eigenvalue weighted by atomic mass is 10.1. The maximum absolute atomic E-state index is 12.4. The first-order valence-electron chi connectivity index (χ1n) is 8.48. The summed E-state index contributed by atoms with van der Waals surface area (Å²) in [7, 11) is 2.76. The summed E-state index contributed by atoms with van der Waals surface area (Å²) in [6.45, 7) is 1.58. The van der Waals surface area contributed by atoms with Gasteiger partial charge in [-0.2, -0.15) is 0 Å². The molecule has 1 unspecified atom stereocenters. The topological polar surface area (TPSA) is 114 Å². The van der Waals surface area contributed by atoms with E-state index in [9.17, 15) is 19.5 Å². The second-order valence-corrected chi connectivity index (χ2v) is 6.27. The minimum absolute atomic E-state index is 0.0461. The van der Waals surface area contributed by atoms with Crippen molar-refractivity contribution < 1.29 is 29.0 Å². The predicted molar refractivity (Wildman–Crippen MR) is 94.7 cm³/mol. The van der Waals surface area contributed by atoms with Crippen molar-refractivity contribution in [3.05, 3.63) is 17.7 Å². The third-order valence-corrected chi connectivity index (χ3v) is 4.46. The zero-order valence-corrected chi connectivity index (χ0v) is 15.1. The number of rotatable bonds is 7. The number of nitrogens with one attached hydrogen (secondary N) is 2. The van der Waals surface area contributed by atoms with Gasteiger partial charge in [-0.15, -0.1) is 0 Å². The number of aromatic carboxylic acids is 1. The molecular weight excluding hydrogens is 340 g/mol. The van der Waals surface area contributed by atoms with Gasteiger partial charge in [-0.3, -0.25) is 9.59 Å². The fourth-order valence-electron chi connectivity index (χ4n) is 3.01. The highest BCUT2D eigenvalue weighted by atomic mass is 16.5. The highest BCUT2D eigenvalue weighted by Gasteiger charge is 2.26. The van der Waals surface area contributed by atoms with Gasteiger partial charge in [0.05, 0.1) is 25.5 Å². The van der Waals surface area contributed by atoms with E-state index in [4.69, 9.17) is 9.47 Å². The number of methoxy groups -OCH3 is 2. The van der Waals surface area contributed by atoms with Crippen molar-refractivity contribution in [1.82, 2.24) is 5.32 Å². The second-order valence-electron chi connectivity index (χ2n) is 6.27. The number of carboxylic acids is 1. The molecule has 1 aliphatic rings. The van der Waals surface area contributed by atoms with E-state index in [-0.39, 0.29) is 34.6 Å². The molecule has 0 bridgehead atoms. The van der Waals surface area contributed by atoms with E-state index in [1.807, 2.05) is 0 Å². The summed E-state index contributed by atoms with van der Waals surface area (Å²) in [5, 5.41) is 14.5. The molecule has 8 heteroatoms. The number of carbonyl (C=O) groups is 3. The Balaban J connectivity index is 2.14. The van der Waals surface area contributed by atoms with E-state index in [1.54, 1.807) is 6.92 Å². The van der Waals surface area contributed by atoms with Gasteiger partial charge < -0.3 is 25.2 Å². The maximum atomic E-state index is 12.4. The fourth-order valence-corrected chi connectivity index (χ4v) is 3.01. The van der Waals surface area contributed by atoms with E-state index < -0.39 is 17.9 Å². The molecule has 8 nitrogen and oxygen atoms in total. The zero-order chi connectivity index (χ0) is 19.3. The first kappa shape index (κ1) is 19.6. The molecule has 0 spiro atoms. The molecule has 26 heavy (non-hydrogen) atoms. The monoisotopic (exact) mass is 364 g/mol. The summed E-state index contributed by atoms with van der Waals surface area (Å²) < 4.78 is 10.4. The number of anilines is 1. The van der Waals surface area contributed by atoms with E-state index in [1.165, 1.54) is 26.4 Å². The first-order valence-corrected chi connectivity index (χ1v) is 8.48. The largest absolute Gasteiger partial charge is 0.493 e. The number of hydrogen-bond acceptors (Lipinski definition) is 5. The summed E-state index contributed by atoms with van der Waals surface area (Å²) in [5.41, 5.74) is 0.108. The minimum atomic E-state index is -1.16. The number of benzene rings is 1. The molecule has 3 N–H and O–H groups in total. The number of hydrogen-bond donors (Lipinski definition) is 3. The highest BCUT2D eigenvalue weighted by Crippen LogP contribution is 2.36. The minimum Gasteiger partial charge on any atom is -0.493 e. The van der Waals surface area contributed by atoms with Crippen LogP contribution in [0.1, 0.15) is 43.0 Å². The Morgan fingerprint density at radius 3 is 2.35 bits per heavy atom. The van der Waals surface area contributed by atoms with Crippen molar-refractivity contribution in [3.63, 3.8) is 0 Å². The molecule has 142 valence electrons. The molecule has 1 aliphatic carbocycles. The van der Waals surface area contributed by atoms with Gasteiger partial charge in [0.2, 0.25) is 11.8 Å². The maximum Gasteiger partial charge on any atom is 0.335 e. The van der Waals surface area contributed by atoms with Crippen LogP contribution >= 0.6 is 0 Å². The van der Waals surface area contributed by atoms with E-state index in [0.29, 0.717) is 0 Å². The number of ether oxygens (including phenoxy) is 2. The molecule has 1 fully saturated rings. The van der Waals surface area contributed by atoms with E-state index in [0.717, 1.165) is 25.7 Å². The van der Waals surface area contributed by atoms with Crippen LogP contribution in [0.2, 0.25) is 0 Å². The Hall–Kier alpha value is -2.77. The zero-order valence-electron chi connectivity index (χ0n) is 15.1. The van der Waals surface area contributed by atoms with Gasteiger partial charge in [0.25, 0.3) is 0 Å². The van der Waals surface area contributed by atoms with Gasteiger partial charge in [0, 0.05) is 5.92 Å². The van der Waals surface area contributed by atoms with Crippen LogP contribution in [0.3, 0.4) is 0 Å². The van der Waals surface area contributed by atoms with Gasteiger partial charge in [0.1, 0.15) is 6.04 Å². The third kappa shape index (κ3) is 4.44. The molecule has 0 aromatic heterocycles. The summed E-state index contributed by atoms with van der Waals surface area (Å²) in [4.78, 5) is 35.9. The standard InChI is InChI=1S/C18H24N2O6/c1-10(19-17(22)11-6-4-5-7-11)16(21)20-13-8-12(18(23)24)9-14(25-2)15(13)26-3/h8-11H,4-7H2,1-3H3,(H,19,22)(H,20,21)(H,23,24). The van der Waals surface area contributed by atoms with Gasteiger partial charge in [-0.05, 0) is 31.9 Å². The lowest BCUT2D eigenvalue weighted by molar-refractivity contribution is -0.128. The Labute approximate surface area is 151 Å². The number of amides is 2. The third-order valence-electron chi connectivity index (χ3n) is 4.46. The fraction of sp³-hybridized carbons (Fsp3) is 0.500. The van der Waals surface area contributed by atoms with Crippen LogP contribution in [-0.4, -0.2) is 43.2 Å². The number of carboxylic acid groups (broad SMARTS) is 1. The van der Waals surface area contributed by atoms with Crippen LogP contribution in [0.25, 0.3) is 0 Å². The molecule has 1 aromatic carbocycles. The smallest absolute Gasteiger partial charge is 0.335 e. The van der Waals surface area contributed by atoms with Gasteiger partial charge >= 0.3 is 5.97 Å². The molecule has 1 atom stereocenters. The molecule has 1 aromatic rings. The van der Waals surface area contributed by atoms with Crippen molar-refractivity contribution in [3.8, 4) is 11.5 Å². The van der Waals surface area contributed by atoms with Crippen LogP contribution in [0.15, 0.2) is 12.1 Å². The predicted octanol–water partition coefficient (Wildman–Crippen LogP) is 2.04. The molecule has 2 amide bonds. The van der Waals surface area contributed by atoms with Crippen LogP contribution in [-0.2, 0) is 9.59 Å². The van der Waals surface area contributed by atoms with Crippen molar-refractivity contribution in [2.75, 3.05) is 19.5 Å². The van der Waals surface area contributed by atoms with E-state index >= 15 is 0 Å². The van der Waals surface area contributed by atoms with Crippen LogP contribution in [0.5, 0.6) is 11.5 Å². The summed E-state index contributed by atoms with van der Waals surface area (Å²) in [5.74, 6) is -1.42. The average Bonchev–Trinajstić information content (AvgIpc) is 3.15. The van der Waals surface area contributed by atoms with Crippen LogP contribution < -0.4 is 20.1 Å². The lowest BCUT2D eigenvalue weighted by Gasteiger charge is -2.19. The summed E-state index contributed by atoms with van der Waals surface area (Å²) >= 11 is 0. The van der Waals surface area contributed by atoms with Crippen LogP contribution in [0, 0.1) is 5.92 Å². The summed E-state index contributed by atoms with van der Waals surface area (Å²) in [6.07, 6.45) is 3.73. The van der Waals surface area contributed by atoms with Crippen molar-refractivity contribution >= 4 is 23.5 Å². The van der Waals surface area contributed by atoms with Crippen molar-refractivity contribution in [2.24, 2.45) is 5.92 Å². The van der Waals surface area contributed by atoms with Crippen LogP contribution in [0.4, 0.5) is 5.69 Å². The molecule has 0 saturated heterocycles. The van der Waals surface area contributed by atoms with Gasteiger partial charge in [-0.25, -0.2) is 4.79 Å². The van der Waals surface area contributed by atoms with Crippen molar-refractivity contribution in [1.29, 1.82) is 0 Å². The molecular formula is C18H24N2O6.